The Hall–Kier alpha value is -0.990. The van der Waals surface area contributed by atoms with Crippen molar-refractivity contribution < 1.29 is 13.2 Å². The summed E-state index contributed by atoms with van der Waals surface area (Å²) in [5.74, 6) is 0.665. The summed E-state index contributed by atoms with van der Waals surface area (Å²) in [6, 6.07) is 10.9. The molecule has 1 aromatic carbocycles. The highest BCUT2D eigenvalue weighted by Crippen LogP contribution is 2.29. The number of unbranched alkanes of at least 4 members (excludes halogenated alkanes) is 12. The molecule has 0 saturated carbocycles. The SMILES string of the molecule is CCCCCCCCCC(CCCCCCCCCC(F)(F)F)c1ccccc1. The van der Waals surface area contributed by atoms with Crippen LogP contribution < -0.4 is 0 Å². The number of rotatable bonds is 18. The van der Waals surface area contributed by atoms with E-state index in [0.717, 1.165) is 19.3 Å². The molecule has 0 nitrogen and oxygen atoms in total. The largest absolute Gasteiger partial charge is 0.389 e. The van der Waals surface area contributed by atoms with E-state index < -0.39 is 12.6 Å². The Morgan fingerprint density at radius 2 is 1.07 bits per heavy atom. The average Bonchev–Trinajstić information content (AvgIpc) is 2.70. The van der Waals surface area contributed by atoms with Crippen LogP contribution in [0.1, 0.15) is 128 Å². The standard InChI is InChI=1S/C26H43F3/c1-2-3-4-5-7-10-14-19-24(25-21-16-13-17-22-25)20-15-11-8-6-9-12-18-23-26(27,28)29/h13,16-17,21-22,24H,2-12,14-15,18-20,23H2,1H3. The van der Waals surface area contributed by atoms with Crippen LogP contribution in [0.4, 0.5) is 13.2 Å². The molecule has 1 unspecified atom stereocenters. The summed E-state index contributed by atoms with van der Waals surface area (Å²) in [6.45, 7) is 2.26. The molecular formula is C26H43F3. The summed E-state index contributed by atoms with van der Waals surface area (Å²) in [5, 5.41) is 0. The number of benzene rings is 1. The van der Waals surface area contributed by atoms with Crippen LogP contribution in [0, 0.1) is 0 Å². The zero-order valence-electron chi connectivity index (χ0n) is 18.6. The monoisotopic (exact) mass is 412 g/mol. The van der Waals surface area contributed by atoms with Gasteiger partial charge in [0.15, 0.2) is 0 Å². The molecule has 29 heavy (non-hydrogen) atoms. The van der Waals surface area contributed by atoms with E-state index in [2.05, 4.69) is 37.3 Å². The molecule has 0 aliphatic carbocycles. The Balaban J connectivity index is 2.15. The fraction of sp³-hybridized carbons (Fsp3) is 0.769. The van der Waals surface area contributed by atoms with Gasteiger partial charge in [-0.2, -0.15) is 13.2 Å². The molecule has 1 atom stereocenters. The van der Waals surface area contributed by atoms with Gasteiger partial charge in [-0.3, -0.25) is 0 Å². The Kier molecular flexibility index (Phi) is 15.1. The zero-order valence-corrected chi connectivity index (χ0v) is 18.6. The molecule has 0 spiro atoms. The Morgan fingerprint density at radius 3 is 1.55 bits per heavy atom. The van der Waals surface area contributed by atoms with E-state index in [1.54, 1.807) is 0 Å². The highest BCUT2D eigenvalue weighted by Gasteiger charge is 2.25. The highest BCUT2D eigenvalue weighted by atomic mass is 19.4. The van der Waals surface area contributed by atoms with Crippen molar-refractivity contribution in [1.82, 2.24) is 0 Å². The van der Waals surface area contributed by atoms with E-state index in [1.165, 1.54) is 76.2 Å². The summed E-state index contributed by atoms with van der Waals surface area (Å²) in [4.78, 5) is 0. The van der Waals surface area contributed by atoms with Gasteiger partial charge in [0.25, 0.3) is 0 Å². The summed E-state index contributed by atoms with van der Waals surface area (Å²) >= 11 is 0. The lowest BCUT2D eigenvalue weighted by Gasteiger charge is -2.17. The second kappa shape index (κ2) is 16.8. The van der Waals surface area contributed by atoms with Gasteiger partial charge >= 0.3 is 6.18 Å². The van der Waals surface area contributed by atoms with E-state index in [1.807, 2.05) is 0 Å². The molecule has 1 aromatic rings. The van der Waals surface area contributed by atoms with Crippen molar-refractivity contribution in [2.45, 2.75) is 128 Å². The summed E-state index contributed by atoms with van der Waals surface area (Å²) in [6.07, 6.45) is 14.0. The van der Waals surface area contributed by atoms with Crippen molar-refractivity contribution in [2.24, 2.45) is 0 Å². The second-order valence-electron chi connectivity index (χ2n) is 8.65. The third-order valence-corrected chi connectivity index (χ3v) is 5.94. The molecule has 0 radical (unpaired) electrons. The number of hydrogen-bond acceptors (Lipinski definition) is 0. The van der Waals surface area contributed by atoms with Gasteiger partial charge in [0.1, 0.15) is 0 Å². The molecule has 0 heterocycles. The highest BCUT2D eigenvalue weighted by molar-refractivity contribution is 5.19. The normalized spacial score (nSPS) is 13.0. The Morgan fingerprint density at radius 1 is 0.621 bits per heavy atom. The van der Waals surface area contributed by atoms with Crippen molar-refractivity contribution in [3.8, 4) is 0 Å². The van der Waals surface area contributed by atoms with Crippen LogP contribution in [0.15, 0.2) is 30.3 Å². The van der Waals surface area contributed by atoms with Gasteiger partial charge in [0, 0.05) is 6.42 Å². The molecule has 0 aromatic heterocycles. The Bertz CT molecular complexity index is 467. The van der Waals surface area contributed by atoms with Crippen molar-refractivity contribution in [3.63, 3.8) is 0 Å². The lowest BCUT2D eigenvalue weighted by molar-refractivity contribution is -0.135. The summed E-state index contributed by atoms with van der Waals surface area (Å²) in [5.41, 5.74) is 1.48. The molecule has 0 bridgehead atoms. The van der Waals surface area contributed by atoms with Crippen LogP contribution in [0.3, 0.4) is 0 Å². The van der Waals surface area contributed by atoms with Crippen LogP contribution >= 0.6 is 0 Å². The van der Waals surface area contributed by atoms with E-state index in [4.69, 9.17) is 0 Å². The molecule has 0 N–H and O–H groups in total. The van der Waals surface area contributed by atoms with Gasteiger partial charge in [-0.25, -0.2) is 0 Å². The first-order chi connectivity index (χ1) is 14.0. The van der Waals surface area contributed by atoms with Crippen molar-refractivity contribution in [1.29, 1.82) is 0 Å². The summed E-state index contributed by atoms with van der Waals surface area (Å²) in [7, 11) is 0. The fourth-order valence-corrected chi connectivity index (χ4v) is 4.15. The van der Waals surface area contributed by atoms with Gasteiger partial charge in [0.05, 0.1) is 0 Å². The summed E-state index contributed by atoms with van der Waals surface area (Å²) < 4.78 is 36.4. The first kappa shape index (κ1) is 26.0. The van der Waals surface area contributed by atoms with Gasteiger partial charge < -0.3 is 0 Å². The lowest BCUT2D eigenvalue weighted by Crippen LogP contribution is -2.06. The van der Waals surface area contributed by atoms with Crippen LogP contribution in [0.5, 0.6) is 0 Å². The topological polar surface area (TPSA) is 0 Å². The van der Waals surface area contributed by atoms with Crippen molar-refractivity contribution >= 4 is 0 Å². The van der Waals surface area contributed by atoms with E-state index in [0.29, 0.717) is 12.3 Å². The lowest BCUT2D eigenvalue weighted by atomic mass is 9.88. The maximum absolute atomic E-state index is 12.1. The van der Waals surface area contributed by atoms with Crippen LogP contribution in [-0.2, 0) is 0 Å². The molecule has 168 valence electrons. The van der Waals surface area contributed by atoms with E-state index >= 15 is 0 Å². The third kappa shape index (κ3) is 15.5. The quantitative estimate of drug-likeness (QED) is 0.210. The minimum Gasteiger partial charge on any atom is -0.171 e. The minimum absolute atomic E-state index is 0.290. The maximum Gasteiger partial charge on any atom is 0.389 e. The van der Waals surface area contributed by atoms with Gasteiger partial charge in [-0.1, -0.05) is 121 Å². The van der Waals surface area contributed by atoms with Crippen molar-refractivity contribution in [3.05, 3.63) is 35.9 Å². The van der Waals surface area contributed by atoms with Crippen molar-refractivity contribution in [2.75, 3.05) is 0 Å². The molecule has 0 amide bonds. The van der Waals surface area contributed by atoms with E-state index in [-0.39, 0.29) is 6.42 Å². The van der Waals surface area contributed by atoms with Crippen LogP contribution in [-0.4, -0.2) is 6.18 Å². The average molecular weight is 413 g/mol. The molecule has 0 aliphatic heterocycles. The number of halogens is 3. The first-order valence-corrected chi connectivity index (χ1v) is 12.1. The molecule has 0 saturated heterocycles. The Labute approximate surface area is 177 Å². The van der Waals surface area contributed by atoms with E-state index in [9.17, 15) is 13.2 Å². The van der Waals surface area contributed by atoms with Crippen LogP contribution in [0.2, 0.25) is 0 Å². The number of hydrogen-bond donors (Lipinski definition) is 0. The molecular weight excluding hydrogens is 369 g/mol. The smallest absolute Gasteiger partial charge is 0.171 e. The predicted octanol–water partition coefficient (Wildman–Crippen LogP) is 9.98. The molecule has 0 aliphatic rings. The number of alkyl halides is 3. The van der Waals surface area contributed by atoms with Crippen LogP contribution in [0.25, 0.3) is 0 Å². The molecule has 1 rings (SSSR count). The first-order valence-electron chi connectivity index (χ1n) is 12.1. The van der Waals surface area contributed by atoms with Gasteiger partial charge in [0.2, 0.25) is 0 Å². The third-order valence-electron chi connectivity index (χ3n) is 5.94. The molecule has 3 heteroatoms. The maximum atomic E-state index is 12.1. The molecule has 0 fully saturated rings. The fourth-order valence-electron chi connectivity index (χ4n) is 4.15. The van der Waals surface area contributed by atoms with Gasteiger partial charge in [-0.15, -0.1) is 0 Å². The predicted molar refractivity (Wildman–Crippen MR) is 119 cm³/mol. The van der Waals surface area contributed by atoms with Gasteiger partial charge in [-0.05, 0) is 30.7 Å². The minimum atomic E-state index is -3.98. The second-order valence-corrected chi connectivity index (χ2v) is 8.65. The zero-order chi connectivity index (χ0) is 21.2.